The van der Waals surface area contributed by atoms with Crippen molar-refractivity contribution >= 4 is 117 Å². The Hall–Kier alpha value is -13.7. The smallest absolute Gasteiger partial charge is 0.308 e. The molecule has 15 amide bonds. The summed E-state index contributed by atoms with van der Waals surface area (Å²) in [7, 11) is 6.61. The molecule has 0 bridgehead atoms. The van der Waals surface area contributed by atoms with E-state index in [9.17, 15) is 43.8 Å². The fraction of sp³-hybridized carbons (Fsp3) is 0.448. The molecule has 714 valence electrons. The van der Waals surface area contributed by atoms with Crippen LogP contribution < -0.4 is 53.6 Å². The van der Waals surface area contributed by atoms with Crippen molar-refractivity contribution in [3.05, 3.63) is 198 Å². The molecule has 1 aliphatic heterocycles. The third kappa shape index (κ3) is 32.4. The quantitative estimate of drug-likeness (QED) is 0.0409. The molecule has 0 spiro atoms. The van der Waals surface area contributed by atoms with Crippen molar-refractivity contribution in [2.75, 3.05) is 66.4 Å². The predicted molar refractivity (Wildman–Crippen MR) is 498 cm³/mol. The number of para-hydroxylation sites is 1. The van der Waals surface area contributed by atoms with Gasteiger partial charge < -0.3 is 98.0 Å². The van der Waals surface area contributed by atoms with Crippen LogP contribution in [0, 0.1) is 11.8 Å². The molecular weight excluding hydrogens is 1730 g/mol. The number of unbranched alkanes of at least 4 members (excludes halogenated alkanes) is 1. The van der Waals surface area contributed by atoms with Gasteiger partial charge in [-0.2, -0.15) is 0 Å². The molecule has 0 unspecified atom stereocenters. The number of aromatic hydroxyl groups is 2. The van der Waals surface area contributed by atoms with Crippen LogP contribution in [0.4, 0.5) is 0 Å². The molecule has 1 aliphatic rings. The number of aromatic amines is 1. The lowest BCUT2D eigenvalue weighted by Crippen LogP contribution is -2.61. The number of thioether (sulfide) groups is 1. The fourth-order valence-electron chi connectivity index (χ4n) is 15.2. The molecular formula is C96H125N17O19S. The number of nitrogens with one attached hydrogen (secondary N) is 10. The third-order valence-electron chi connectivity index (χ3n) is 22.4. The van der Waals surface area contributed by atoms with Crippen LogP contribution in [0.1, 0.15) is 121 Å². The number of H-pyrrole nitrogens is 1. The van der Waals surface area contributed by atoms with Gasteiger partial charge in [-0.1, -0.05) is 157 Å². The van der Waals surface area contributed by atoms with Crippen LogP contribution in [-0.2, 0) is 120 Å². The number of carbonyl (C=O) groups excluding carboxylic acids is 16. The van der Waals surface area contributed by atoms with Gasteiger partial charge in [0.2, 0.25) is 88.6 Å². The summed E-state index contributed by atoms with van der Waals surface area (Å²) >= 11 is 0.829. The van der Waals surface area contributed by atoms with Crippen LogP contribution in [0.15, 0.2) is 164 Å². The number of amides is 15. The molecule has 8 rings (SSSR count). The third-order valence-corrected chi connectivity index (χ3v) is 23.4. The van der Waals surface area contributed by atoms with E-state index in [0.29, 0.717) is 57.1 Å². The number of primary amides is 1. The second-order valence-electron chi connectivity index (χ2n) is 35.1. The van der Waals surface area contributed by atoms with Crippen molar-refractivity contribution < 1.29 is 91.7 Å². The highest BCUT2D eigenvalue weighted by atomic mass is 32.2. The number of phenolic OH excluding ortho intramolecular Hbond substituents is 2. The van der Waals surface area contributed by atoms with Crippen LogP contribution in [0.25, 0.3) is 10.9 Å². The molecule has 3 heterocycles. The summed E-state index contributed by atoms with van der Waals surface area (Å²) in [5.74, 6) is -16.6. The van der Waals surface area contributed by atoms with Gasteiger partial charge in [0, 0.05) is 109 Å². The van der Waals surface area contributed by atoms with E-state index < -0.39 is 204 Å². The predicted octanol–water partition coefficient (Wildman–Crippen LogP) is 2.98. The molecule has 133 heavy (non-hydrogen) atoms. The fourth-order valence-corrected chi connectivity index (χ4v) is 16.1. The number of phenols is 2. The van der Waals surface area contributed by atoms with Gasteiger partial charge in [0.1, 0.15) is 83.6 Å². The first-order valence-electron chi connectivity index (χ1n) is 44.2. The Labute approximate surface area is 778 Å². The Bertz CT molecular complexity index is 5200. The minimum Gasteiger partial charge on any atom is -0.508 e. The van der Waals surface area contributed by atoms with Crippen molar-refractivity contribution in [1.29, 1.82) is 0 Å². The number of hydrogen-bond donors (Lipinski definition) is 13. The number of ether oxygens (including phenoxy) is 1. The molecule has 0 saturated carbocycles. The summed E-state index contributed by atoms with van der Waals surface area (Å²) in [6.45, 7) is 11.0. The van der Waals surface area contributed by atoms with Gasteiger partial charge in [-0.05, 0) is 115 Å². The minimum absolute atomic E-state index is 0.0311. The standard InChI is InChI=1S/C96H125N17O19S/c1-14-15-32-76-93(129)110(10)54-81(118)102-72(49-83(120)132-96(6,7)8)89(125)108-84(58(4)5)95(131)112(12)77(46-60-27-20-17-21-28-60)90(126)106-73(45-62-35-39-66(115)40-36-62)91(127)109(9)53-80(117)101-71(48-64-51-99-68-31-23-22-30-67(64)68)88(124)105-70(43-61-33-37-65(114)38-34-61)87(123)104-69(42-57(2)3)86(122)107-75(85(121)100-52-79(97)116)55-133-56-82(119)103-74(44-59-25-18-16-19-26-59)92(128)113(13)78(94(130)111(76)11)47-63-29-24-41-98-50-63/h16-31,33-41,50-51,57-58,69-78,84,99,114-115H,14-15,32,42-49,52-56H2,1-13H3,(H2,97,116)(H,100,121)(H,101,117)(H,102,118)(H,103,119)(H,104,123)(H,105,124)(H,106,126)(H,107,122)(H,108,125)/t69-,70-,71-,72-,73-,74-,75-,76-,77-,78-,84-/m0/s1. The monoisotopic (exact) mass is 1850 g/mol. The summed E-state index contributed by atoms with van der Waals surface area (Å²) in [5.41, 5.74) is 7.93. The zero-order chi connectivity index (χ0) is 97.5. The molecule has 2 aromatic heterocycles. The maximum Gasteiger partial charge on any atom is 0.308 e. The lowest BCUT2D eigenvalue weighted by Gasteiger charge is -2.37. The van der Waals surface area contributed by atoms with Crippen LogP contribution in [0.3, 0.4) is 0 Å². The maximum atomic E-state index is 15.6. The molecule has 11 atom stereocenters. The number of esters is 1. The van der Waals surface area contributed by atoms with Gasteiger partial charge in [-0.3, -0.25) is 81.7 Å². The molecule has 14 N–H and O–H groups in total. The number of nitrogens with zero attached hydrogens (tertiary/aromatic N) is 6. The van der Waals surface area contributed by atoms with Gasteiger partial charge in [0.15, 0.2) is 0 Å². The van der Waals surface area contributed by atoms with E-state index in [1.807, 2.05) is 6.92 Å². The number of likely N-dealkylation sites (N-methyl/N-ethyl adjacent to an activating group) is 5. The zero-order valence-corrected chi connectivity index (χ0v) is 78.2. The second-order valence-corrected chi connectivity index (χ2v) is 36.2. The number of carbonyl (C=O) groups is 16. The first-order valence-corrected chi connectivity index (χ1v) is 45.4. The maximum absolute atomic E-state index is 15.6. The summed E-state index contributed by atoms with van der Waals surface area (Å²) in [6.07, 6.45) is 3.29. The van der Waals surface area contributed by atoms with E-state index in [1.165, 1.54) is 101 Å². The average Bonchev–Trinajstić information content (AvgIpc) is 1.80. The summed E-state index contributed by atoms with van der Waals surface area (Å²) in [4.78, 5) is 251. The molecule has 37 heteroatoms. The molecule has 0 radical (unpaired) electrons. The van der Waals surface area contributed by atoms with Gasteiger partial charge in [-0.25, -0.2) is 0 Å². The second kappa shape index (κ2) is 50.0. The lowest BCUT2D eigenvalue weighted by atomic mass is 9.98. The summed E-state index contributed by atoms with van der Waals surface area (Å²) in [6, 6.07) is 22.1. The van der Waals surface area contributed by atoms with Crippen molar-refractivity contribution in [1.82, 2.24) is 82.3 Å². The van der Waals surface area contributed by atoms with Gasteiger partial charge in [0.05, 0.1) is 31.8 Å². The van der Waals surface area contributed by atoms with E-state index in [1.54, 1.807) is 152 Å². The number of benzene rings is 5. The van der Waals surface area contributed by atoms with Crippen molar-refractivity contribution in [2.45, 2.75) is 198 Å². The highest BCUT2D eigenvalue weighted by Crippen LogP contribution is 2.25. The minimum atomic E-state index is -1.81. The number of aromatic nitrogens is 2. The lowest BCUT2D eigenvalue weighted by molar-refractivity contribution is -0.157. The topological polar surface area (TPSA) is 502 Å². The Morgan fingerprint density at radius 3 is 1.55 bits per heavy atom. The molecule has 0 aliphatic carbocycles. The van der Waals surface area contributed by atoms with E-state index >= 15 is 43.2 Å². The normalized spacial score (nSPS) is 21.7. The van der Waals surface area contributed by atoms with Gasteiger partial charge in [-0.15, -0.1) is 11.8 Å². The van der Waals surface area contributed by atoms with Crippen molar-refractivity contribution in [2.24, 2.45) is 17.6 Å². The SMILES string of the molecule is CCCC[C@H]1C(=O)N(C)CC(=O)N[C@@H](CC(=O)OC(C)(C)C)C(=O)N[C@@H](C(C)C)C(=O)N(C)[C@@H](Cc2ccccc2)C(=O)N[C@@H](Cc2ccc(O)cc2)C(=O)N(C)CC(=O)N[C@@H](Cc2c[nH]c3ccccc23)C(=O)N[C@@H](Cc2ccc(O)cc2)C(=O)N[C@@H](CC(C)C)C(=O)N[C@H](C(=O)NCC(N)=O)CSCC(=O)N[C@@H](Cc2ccccc2)C(=O)N(C)[C@@H](Cc2cccnc2)C(=O)N1C. The Kier molecular flexibility index (Phi) is 39.4. The first-order chi connectivity index (χ1) is 63.1. The average molecular weight is 1850 g/mol. The van der Waals surface area contributed by atoms with Gasteiger partial charge >= 0.3 is 5.97 Å². The highest BCUT2D eigenvalue weighted by molar-refractivity contribution is 8.00. The highest BCUT2D eigenvalue weighted by Gasteiger charge is 2.43. The Morgan fingerprint density at radius 1 is 0.504 bits per heavy atom. The van der Waals surface area contributed by atoms with E-state index in [2.05, 4.69) is 57.8 Å². The van der Waals surface area contributed by atoms with Crippen molar-refractivity contribution in [3.63, 3.8) is 0 Å². The van der Waals surface area contributed by atoms with Crippen LogP contribution in [-0.4, -0.2) is 278 Å². The molecule has 1 fully saturated rings. The first kappa shape index (κ1) is 105. The van der Waals surface area contributed by atoms with Crippen molar-refractivity contribution in [3.8, 4) is 11.5 Å². The van der Waals surface area contributed by atoms with Crippen LogP contribution in [0.2, 0.25) is 0 Å². The van der Waals surface area contributed by atoms with E-state index in [4.69, 9.17) is 10.5 Å². The number of rotatable bonds is 23. The number of fused-ring (bicyclic) bond motifs is 1. The number of pyridine rings is 1. The van der Waals surface area contributed by atoms with Crippen LogP contribution in [0.5, 0.6) is 11.5 Å². The molecule has 1 saturated heterocycles. The molecule has 7 aromatic rings. The molecule has 5 aromatic carbocycles. The number of hydrogen-bond acceptors (Lipinski definition) is 21. The summed E-state index contributed by atoms with van der Waals surface area (Å²) in [5, 5.41) is 45.7. The van der Waals surface area contributed by atoms with Gasteiger partial charge in [0.25, 0.3) is 0 Å². The zero-order valence-electron chi connectivity index (χ0n) is 77.4. The summed E-state index contributed by atoms with van der Waals surface area (Å²) < 4.78 is 5.65. The number of nitrogens with two attached hydrogens (primary N) is 1. The largest absolute Gasteiger partial charge is 0.508 e. The Morgan fingerprint density at radius 2 is 0.985 bits per heavy atom. The van der Waals surface area contributed by atoms with E-state index in [0.717, 1.165) is 31.4 Å². The Balaban J connectivity index is 1.23. The van der Waals surface area contributed by atoms with E-state index in [-0.39, 0.29) is 74.5 Å². The molecule has 36 nitrogen and oxygen atoms in total. The van der Waals surface area contributed by atoms with Crippen LogP contribution >= 0.6 is 11.8 Å².